The summed E-state index contributed by atoms with van der Waals surface area (Å²) >= 11 is 0. The van der Waals surface area contributed by atoms with Crippen LogP contribution >= 0.6 is 0 Å². The lowest BCUT2D eigenvalue weighted by Crippen LogP contribution is -2.53. The van der Waals surface area contributed by atoms with E-state index in [2.05, 4.69) is 10.6 Å². The van der Waals surface area contributed by atoms with E-state index in [1.165, 1.54) is 6.42 Å². The molecule has 0 saturated heterocycles. The van der Waals surface area contributed by atoms with E-state index in [1.54, 1.807) is 7.11 Å². The normalized spacial score (nSPS) is 20.4. The molecule has 106 valence electrons. The fraction of sp³-hybridized carbons (Fsp3) is 0.923. The SMILES string of the molecule is COCC(C)NC(=O)CNC1(CO)CCCCC1. The van der Waals surface area contributed by atoms with Crippen molar-refractivity contribution in [3.63, 3.8) is 0 Å². The maximum atomic E-state index is 11.7. The average molecular weight is 258 g/mol. The highest BCUT2D eigenvalue weighted by molar-refractivity contribution is 5.78. The van der Waals surface area contributed by atoms with Crippen molar-refractivity contribution >= 4 is 5.91 Å². The summed E-state index contributed by atoms with van der Waals surface area (Å²) in [5.74, 6) is -0.0436. The van der Waals surface area contributed by atoms with Crippen LogP contribution in [0.25, 0.3) is 0 Å². The number of aliphatic hydroxyl groups excluding tert-OH is 1. The molecule has 1 atom stereocenters. The Kier molecular flexibility index (Phi) is 6.60. The van der Waals surface area contributed by atoms with Crippen molar-refractivity contribution in [2.24, 2.45) is 0 Å². The summed E-state index contributed by atoms with van der Waals surface area (Å²) in [7, 11) is 1.61. The third kappa shape index (κ3) is 4.92. The molecule has 0 aromatic rings. The van der Waals surface area contributed by atoms with Crippen LogP contribution in [0, 0.1) is 0 Å². The van der Waals surface area contributed by atoms with Gasteiger partial charge in [0.05, 0.1) is 19.8 Å². The van der Waals surface area contributed by atoms with Crippen LogP contribution < -0.4 is 10.6 Å². The third-order valence-electron chi connectivity index (χ3n) is 3.56. The summed E-state index contributed by atoms with van der Waals surface area (Å²) < 4.78 is 4.96. The van der Waals surface area contributed by atoms with Crippen molar-refractivity contribution in [1.82, 2.24) is 10.6 Å². The Morgan fingerprint density at radius 3 is 2.61 bits per heavy atom. The molecule has 1 unspecified atom stereocenters. The zero-order valence-electron chi connectivity index (χ0n) is 11.5. The fourth-order valence-electron chi connectivity index (χ4n) is 2.50. The minimum absolute atomic E-state index is 0.0146. The molecule has 1 amide bonds. The number of amides is 1. The molecule has 0 heterocycles. The Balaban J connectivity index is 2.31. The molecule has 5 nitrogen and oxygen atoms in total. The molecule has 0 bridgehead atoms. The van der Waals surface area contributed by atoms with E-state index >= 15 is 0 Å². The molecule has 3 N–H and O–H groups in total. The maximum Gasteiger partial charge on any atom is 0.234 e. The van der Waals surface area contributed by atoms with Gasteiger partial charge in [0.25, 0.3) is 0 Å². The second-order valence-electron chi connectivity index (χ2n) is 5.28. The van der Waals surface area contributed by atoms with Crippen LogP contribution in [0.1, 0.15) is 39.0 Å². The number of aliphatic hydroxyl groups is 1. The molecule has 5 heteroatoms. The van der Waals surface area contributed by atoms with E-state index in [0.29, 0.717) is 6.61 Å². The van der Waals surface area contributed by atoms with E-state index in [-0.39, 0.29) is 30.6 Å². The number of hydrogen-bond acceptors (Lipinski definition) is 4. The first-order valence-corrected chi connectivity index (χ1v) is 6.76. The van der Waals surface area contributed by atoms with Gasteiger partial charge >= 0.3 is 0 Å². The van der Waals surface area contributed by atoms with Crippen molar-refractivity contribution in [1.29, 1.82) is 0 Å². The van der Waals surface area contributed by atoms with Crippen molar-refractivity contribution in [3.8, 4) is 0 Å². The van der Waals surface area contributed by atoms with E-state index in [9.17, 15) is 9.90 Å². The molecule has 18 heavy (non-hydrogen) atoms. The first-order valence-electron chi connectivity index (χ1n) is 6.76. The highest BCUT2D eigenvalue weighted by Crippen LogP contribution is 2.27. The van der Waals surface area contributed by atoms with E-state index < -0.39 is 0 Å². The highest BCUT2D eigenvalue weighted by atomic mass is 16.5. The van der Waals surface area contributed by atoms with Crippen LogP contribution in [0.5, 0.6) is 0 Å². The smallest absolute Gasteiger partial charge is 0.234 e. The van der Waals surface area contributed by atoms with Crippen molar-refractivity contribution in [2.45, 2.75) is 50.6 Å². The quantitative estimate of drug-likeness (QED) is 0.619. The Morgan fingerprint density at radius 1 is 1.39 bits per heavy atom. The average Bonchev–Trinajstić information content (AvgIpc) is 2.38. The van der Waals surface area contributed by atoms with Gasteiger partial charge in [0, 0.05) is 18.7 Å². The standard InChI is InChI=1S/C13H26N2O3/c1-11(9-18-2)15-12(17)8-14-13(10-16)6-4-3-5-7-13/h11,14,16H,3-10H2,1-2H3,(H,15,17). The van der Waals surface area contributed by atoms with Gasteiger partial charge in [0.2, 0.25) is 5.91 Å². The van der Waals surface area contributed by atoms with Crippen LogP contribution in [0.2, 0.25) is 0 Å². The molecule has 1 rings (SSSR count). The summed E-state index contributed by atoms with van der Waals surface area (Å²) in [6.45, 7) is 2.78. The number of rotatable bonds is 7. The lowest BCUT2D eigenvalue weighted by Gasteiger charge is -2.36. The molecule has 1 aliphatic carbocycles. The van der Waals surface area contributed by atoms with Crippen molar-refractivity contribution in [3.05, 3.63) is 0 Å². The summed E-state index contributed by atoms with van der Waals surface area (Å²) in [6.07, 6.45) is 5.36. The van der Waals surface area contributed by atoms with Crippen LogP contribution in [0.4, 0.5) is 0 Å². The van der Waals surface area contributed by atoms with Gasteiger partial charge in [-0.3, -0.25) is 4.79 Å². The predicted molar refractivity (Wildman–Crippen MR) is 70.4 cm³/mol. The Hall–Kier alpha value is -0.650. The first kappa shape index (κ1) is 15.4. The minimum atomic E-state index is -0.250. The molecule has 0 radical (unpaired) electrons. The molecule has 0 aliphatic heterocycles. The van der Waals surface area contributed by atoms with Gasteiger partial charge in [-0.15, -0.1) is 0 Å². The number of nitrogens with one attached hydrogen (secondary N) is 2. The minimum Gasteiger partial charge on any atom is -0.394 e. The Morgan fingerprint density at radius 2 is 2.06 bits per heavy atom. The molecular weight excluding hydrogens is 232 g/mol. The highest BCUT2D eigenvalue weighted by Gasteiger charge is 2.31. The second-order valence-corrected chi connectivity index (χ2v) is 5.28. The van der Waals surface area contributed by atoms with Gasteiger partial charge in [0.15, 0.2) is 0 Å². The number of carbonyl (C=O) groups excluding carboxylic acids is 1. The maximum absolute atomic E-state index is 11.7. The van der Waals surface area contributed by atoms with Gasteiger partial charge in [-0.2, -0.15) is 0 Å². The number of hydrogen-bond donors (Lipinski definition) is 3. The monoisotopic (exact) mass is 258 g/mol. The van der Waals surface area contributed by atoms with Crippen LogP contribution in [0.3, 0.4) is 0 Å². The van der Waals surface area contributed by atoms with Gasteiger partial charge in [0.1, 0.15) is 0 Å². The third-order valence-corrected chi connectivity index (χ3v) is 3.56. The molecule has 1 fully saturated rings. The molecule has 1 saturated carbocycles. The summed E-state index contributed by atoms with van der Waals surface area (Å²) in [5.41, 5.74) is -0.250. The molecule has 0 aromatic heterocycles. The molecule has 1 aliphatic rings. The fourth-order valence-corrected chi connectivity index (χ4v) is 2.50. The largest absolute Gasteiger partial charge is 0.394 e. The van der Waals surface area contributed by atoms with Crippen molar-refractivity contribution in [2.75, 3.05) is 26.9 Å². The van der Waals surface area contributed by atoms with Gasteiger partial charge in [-0.25, -0.2) is 0 Å². The number of carbonyl (C=O) groups is 1. The topological polar surface area (TPSA) is 70.6 Å². The van der Waals surface area contributed by atoms with Gasteiger partial charge < -0.3 is 20.5 Å². The van der Waals surface area contributed by atoms with Gasteiger partial charge in [-0.05, 0) is 19.8 Å². The predicted octanol–water partition coefficient (Wildman–Crippen LogP) is 0.422. The van der Waals surface area contributed by atoms with E-state index in [0.717, 1.165) is 25.7 Å². The lowest BCUT2D eigenvalue weighted by molar-refractivity contribution is -0.121. The lowest BCUT2D eigenvalue weighted by atomic mass is 9.82. The first-order chi connectivity index (χ1) is 8.62. The van der Waals surface area contributed by atoms with Crippen LogP contribution in [-0.4, -0.2) is 49.5 Å². The number of methoxy groups -OCH3 is 1. The molecular formula is C13H26N2O3. The van der Waals surface area contributed by atoms with Crippen molar-refractivity contribution < 1.29 is 14.6 Å². The van der Waals surface area contributed by atoms with Crippen LogP contribution in [-0.2, 0) is 9.53 Å². The summed E-state index contributed by atoms with van der Waals surface area (Å²) in [6, 6.07) is 0.0146. The Labute approximate surface area is 109 Å². The summed E-state index contributed by atoms with van der Waals surface area (Å²) in [5, 5.41) is 15.6. The van der Waals surface area contributed by atoms with Crippen LogP contribution in [0.15, 0.2) is 0 Å². The molecule has 0 spiro atoms. The Bertz CT molecular complexity index is 253. The van der Waals surface area contributed by atoms with Gasteiger partial charge in [-0.1, -0.05) is 19.3 Å². The van der Waals surface area contributed by atoms with E-state index in [4.69, 9.17) is 4.74 Å². The zero-order chi connectivity index (χ0) is 13.4. The number of ether oxygens (including phenoxy) is 1. The second kappa shape index (κ2) is 7.71. The zero-order valence-corrected chi connectivity index (χ0v) is 11.5. The molecule has 0 aromatic carbocycles. The summed E-state index contributed by atoms with van der Waals surface area (Å²) in [4.78, 5) is 11.7. The van der Waals surface area contributed by atoms with E-state index in [1.807, 2.05) is 6.92 Å².